The van der Waals surface area contributed by atoms with Gasteiger partial charge >= 0.3 is 0 Å². The number of benzene rings is 3. The molecule has 3 aromatic carbocycles. The van der Waals surface area contributed by atoms with E-state index in [1.807, 2.05) is 61.5 Å². The molecule has 5 rings (SSSR count). The van der Waals surface area contributed by atoms with Crippen molar-refractivity contribution < 1.29 is 14.4 Å². The van der Waals surface area contributed by atoms with Crippen molar-refractivity contribution in [3.05, 3.63) is 83.6 Å². The molecule has 8 N–H and O–H groups in total. The van der Waals surface area contributed by atoms with E-state index < -0.39 is 6.04 Å². The SMILES string of the molecule is Cc1cc(C(=O)NCCN)ccc1-c1ccc(C[C@H](NC(=O)C2CCC(CN)CC2)C(=O)Nc2ccc3cn[nH]c3c2)cc1.Cl. The predicted molar refractivity (Wildman–Crippen MR) is 180 cm³/mol. The molecule has 0 radical (unpaired) electrons. The molecule has 4 aromatic rings. The molecule has 1 aliphatic carbocycles. The van der Waals surface area contributed by atoms with Crippen LogP contribution < -0.4 is 27.4 Å². The van der Waals surface area contributed by atoms with Crippen LogP contribution in [0.3, 0.4) is 0 Å². The molecule has 1 atom stereocenters. The van der Waals surface area contributed by atoms with E-state index in [0.29, 0.717) is 43.2 Å². The summed E-state index contributed by atoms with van der Waals surface area (Å²) in [5, 5.41) is 16.7. The van der Waals surface area contributed by atoms with Gasteiger partial charge in [0.25, 0.3) is 5.91 Å². The van der Waals surface area contributed by atoms with Crippen molar-refractivity contribution in [2.24, 2.45) is 23.3 Å². The number of aromatic nitrogens is 2. The molecule has 1 saturated carbocycles. The number of halogens is 1. The van der Waals surface area contributed by atoms with Gasteiger partial charge in [-0.05, 0) is 97.7 Å². The molecule has 1 aliphatic rings. The van der Waals surface area contributed by atoms with Crippen LogP contribution in [-0.4, -0.2) is 53.6 Å². The second-order valence-electron chi connectivity index (χ2n) is 11.7. The minimum atomic E-state index is -0.758. The van der Waals surface area contributed by atoms with E-state index >= 15 is 0 Å². The first-order valence-electron chi connectivity index (χ1n) is 15.3. The first-order chi connectivity index (χ1) is 21.3. The molecule has 0 unspecified atom stereocenters. The van der Waals surface area contributed by atoms with Crippen LogP contribution in [0.2, 0.25) is 0 Å². The summed E-state index contributed by atoms with van der Waals surface area (Å²) in [4.78, 5) is 39.3. The van der Waals surface area contributed by atoms with Gasteiger partial charge in [0.15, 0.2) is 0 Å². The van der Waals surface area contributed by atoms with Crippen molar-refractivity contribution in [2.75, 3.05) is 25.0 Å². The van der Waals surface area contributed by atoms with Gasteiger partial charge in [0.2, 0.25) is 11.8 Å². The predicted octanol–water partition coefficient (Wildman–Crippen LogP) is 4.08. The number of rotatable bonds is 11. The Balaban J connectivity index is 0.00000461. The number of carbonyl (C=O) groups excluding carboxylic acids is 3. The number of nitrogens with two attached hydrogens (primary N) is 2. The molecular formula is C34H42ClN7O3. The Hall–Kier alpha value is -4.25. The Morgan fingerprint density at radius 3 is 2.42 bits per heavy atom. The maximum Gasteiger partial charge on any atom is 0.251 e. The summed E-state index contributed by atoms with van der Waals surface area (Å²) in [5.41, 5.74) is 17.3. The zero-order valence-electron chi connectivity index (χ0n) is 25.5. The van der Waals surface area contributed by atoms with Gasteiger partial charge < -0.3 is 27.4 Å². The highest BCUT2D eigenvalue weighted by Crippen LogP contribution is 2.29. The van der Waals surface area contributed by atoms with Crippen LogP contribution in [0, 0.1) is 18.8 Å². The number of nitrogens with one attached hydrogen (secondary N) is 4. The van der Waals surface area contributed by atoms with Gasteiger partial charge in [-0.1, -0.05) is 30.3 Å². The molecule has 45 heavy (non-hydrogen) atoms. The van der Waals surface area contributed by atoms with Gasteiger partial charge in [-0.25, -0.2) is 0 Å². The van der Waals surface area contributed by atoms with Crippen LogP contribution in [0.5, 0.6) is 0 Å². The van der Waals surface area contributed by atoms with Crippen molar-refractivity contribution in [1.82, 2.24) is 20.8 Å². The highest BCUT2D eigenvalue weighted by Gasteiger charge is 2.29. The van der Waals surface area contributed by atoms with Gasteiger partial charge in [-0.3, -0.25) is 19.5 Å². The summed E-state index contributed by atoms with van der Waals surface area (Å²) < 4.78 is 0. The molecule has 11 heteroatoms. The van der Waals surface area contributed by atoms with E-state index in [9.17, 15) is 14.4 Å². The summed E-state index contributed by atoms with van der Waals surface area (Å²) in [6, 6.07) is 18.4. The van der Waals surface area contributed by atoms with Crippen molar-refractivity contribution >= 4 is 46.7 Å². The number of amides is 3. The minimum absolute atomic E-state index is 0. The maximum absolute atomic E-state index is 13.6. The quantitative estimate of drug-likeness (QED) is 0.146. The maximum atomic E-state index is 13.6. The zero-order chi connectivity index (χ0) is 31.1. The van der Waals surface area contributed by atoms with Crippen molar-refractivity contribution in [3.8, 4) is 11.1 Å². The highest BCUT2D eigenvalue weighted by atomic mass is 35.5. The molecule has 1 heterocycles. The van der Waals surface area contributed by atoms with Crippen LogP contribution in [0.1, 0.15) is 47.2 Å². The number of carbonyl (C=O) groups is 3. The summed E-state index contributed by atoms with van der Waals surface area (Å²) in [6.07, 6.45) is 5.47. The highest BCUT2D eigenvalue weighted by molar-refractivity contribution is 5.99. The lowest BCUT2D eigenvalue weighted by Gasteiger charge is -2.28. The molecule has 1 fully saturated rings. The largest absolute Gasteiger partial charge is 0.351 e. The fourth-order valence-corrected chi connectivity index (χ4v) is 5.88. The number of nitrogens with zero attached hydrogens (tertiary/aromatic N) is 1. The summed E-state index contributed by atoms with van der Waals surface area (Å²) in [7, 11) is 0. The molecule has 10 nitrogen and oxygen atoms in total. The molecular weight excluding hydrogens is 590 g/mol. The second-order valence-corrected chi connectivity index (χ2v) is 11.7. The lowest BCUT2D eigenvalue weighted by atomic mass is 9.81. The number of hydrogen-bond acceptors (Lipinski definition) is 6. The van der Waals surface area contributed by atoms with Crippen molar-refractivity contribution in [1.29, 1.82) is 0 Å². The first kappa shape index (κ1) is 33.6. The summed E-state index contributed by atoms with van der Waals surface area (Å²) >= 11 is 0. The Labute approximate surface area is 269 Å². The molecule has 0 aliphatic heterocycles. The number of anilines is 1. The first-order valence-corrected chi connectivity index (χ1v) is 15.3. The lowest BCUT2D eigenvalue weighted by Crippen LogP contribution is -2.48. The fraction of sp³-hybridized carbons (Fsp3) is 0.353. The van der Waals surface area contributed by atoms with Crippen LogP contribution in [0.15, 0.2) is 66.9 Å². The monoisotopic (exact) mass is 631 g/mol. The molecule has 0 saturated heterocycles. The number of aryl methyl sites for hydroxylation is 1. The van der Waals surface area contributed by atoms with Crippen LogP contribution in [0.4, 0.5) is 5.69 Å². The van der Waals surface area contributed by atoms with E-state index in [0.717, 1.165) is 58.8 Å². The van der Waals surface area contributed by atoms with E-state index in [1.165, 1.54) is 0 Å². The van der Waals surface area contributed by atoms with Crippen molar-refractivity contribution in [2.45, 2.75) is 45.1 Å². The third kappa shape index (κ3) is 8.48. The summed E-state index contributed by atoms with van der Waals surface area (Å²) in [6.45, 7) is 3.43. The Bertz CT molecular complexity index is 1610. The molecule has 1 aromatic heterocycles. The second kappa shape index (κ2) is 15.7. The molecule has 0 spiro atoms. The van der Waals surface area contributed by atoms with Crippen LogP contribution in [0.25, 0.3) is 22.0 Å². The van der Waals surface area contributed by atoms with Gasteiger partial charge in [0, 0.05) is 42.1 Å². The molecule has 238 valence electrons. The molecule has 3 amide bonds. The van der Waals surface area contributed by atoms with Gasteiger partial charge in [-0.2, -0.15) is 5.10 Å². The Morgan fingerprint density at radius 2 is 1.73 bits per heavy atom. The van der Waals surface area contributed by atoms with E-state index in [1.54, 1.807) is 12.3 Å². The molecule has 0 bridgehead atoms. The number of hydrogen-bond donors (Lipinski definition) is 6. The Kier molecular flexibility index (Phi) is 11.7. The number of H-pyrrole nitrogens is 1. The topological polar surface area (TPSA) is 168 Å². The smallest absolute Gasteiger partial charge is 0.251 e. The van der Waals surface area contributed by atoms with Crippen molar-refractivity contribution in [3.63, 3.8) is 0 Å². The zero-order valence-corrected chi connectivity index (χ0v) is 26.3. The average molecular weight is 632 g/mol. The third-order valence-electron chi connectivity index (χ3n) is 8.52. The van der Waals surface area contributed by atoms with E-state index in [2.05, 4.69) is 26.1 Å². The average Bonchev–Trinajstić information content (AvgIpc) is 3.51. The lowest BCUT2D eigenvalue weighted by molar-refractivity contribution is -0.130. The fourth-order valence-electron chi connectivity index (χ4n) is 5.88. The standard InChI is InChI=1S/C34H41N7O3.ClH/c1-21-16-26(32(42)37-15-14-35)11-13-29(21)24-6-2-22(3-7-24)17-31(40-33(43)25-8-4-23(19-36)5-9-25)34(44)39-28-12-10-27-20-38-41-30(27)18-28;/h2-3,6-7,10-13,16,18,20,23,25,31H,4-5,8-9,14-15,17,19,35-36H2,1H3,(H,37,42)(H,38,41)(H,39,44)(H,40,43);1H/t23?,25?,31-;/m0./s1. The van der Waals surface area contributed by atoms with Gasteiger partial charge in [0.05, 0.1) is 11.7 Å². The van der Waals surface area contributed by atoms with E-state index in [-0.39, 0.29) is 36.0 Å². The van der Waals surface area contributed by atoms with Crippen LogP contribution in [-0.2, 0) is 16.0 Å². The van der Waals surface area contributed by atoms with Gasteiger partial charge in [0.1, 0.15) is 6.04 Å². The third-order valence-corrected chi connectivity index (χ3v) is 8.52. The van der Waals surface area contributed by atoms with E-state index in [4.69, 9.17) is 11.5 Å². The van der Waals surface area contributed by atoms with Crippen LogP contribution >= 0.6 is 12.4 Å². The summed E-state index contributed by atoms with van der Waals surface area (Å²) in [5.74, 6) is -0.185. The number of fused-ring (bicyclic) bond motifs is 1. The minimum Gasteiger partial charge on any atom is -0.351 e. The normalized spacial score (nSPS) is 16.8. The Morgan fingerprint density at radius 1 is 0.978 bits per heavy atom. The number of aromatic amines is 1. The van der Waals surface area contributed by atoms with Gasteiger partial charge in [-0.15, -0.1) is 12.4 Å².